The SMILES string of the molecule is C[C@@H]1C(=O)C[C@@]23COC(=O)C2=CCC[C@@H]3[C@H]1CC[C@@H]1COC(=O)C1. The summed E-state index contributed by atoms with van der Waals surface area (Å²) in [6.07, 6.45) is 6.67. The normalized spacial score (nSPS) is 41.4. The molecule has 0 aromatic carbocycles. The van der Waals surface area contributed by atoms with Gasteiger partial charge in [0, 0.05) is 29.2 Å². The summed E-state index contributed by atoms with van der Waals surface area (Å²) < 4.78 is 10.4. The van der Waals surface area contributed by atoms with E-state index in [9.17, 15) is 14.4 Å². The molecule has 0 aromatic rings. The monoisotopic (exact) mass is 332 g/mol. The van der Waals surface area contributed by atoms with Crippen LogP contribution in [0.5, 0.6) is 0 Å². The van der Waals surface area contributed by atoms with Crippen molar-refractivity contribution in [3.05, 3.63) is 11.6 Å². The van der Waals surface area contributed by atoms with Gasteiger partial charge in [0.2, 0.25) is 0 Å². The van der Waals surface area contributed by atoms with Gasteiger partial charge in [-0.15, -0.1) is 0 Å². The summed E-state index contributed by atoms with van der Waals surface area (Å²) in [5.41, 5.74) is 0.370. The van der Waals surface area contributed by atoms with Crippen LogP contribution in [0.4, 0.5) is 0 Å². The number of cyclic esters (lactones) is 2. The van der Waals surface area contributed by atoms with Gasteiger partial charge in [0.25, 0.3) is 0 Å². The Kier molecular flexibility index (Phi) is 3.77. The lowest BCUT2D eigenvalue weighted by atomic mass is 9.52. The number of esters is 2. The van der Waals surface area contributed by atoms with Crippen molar-refractivity contribution in [2.75, 3.05) is 13.2 Å². The maximum absolute atomic E-state index is 12.7. The van der Waals surface area contributed by atoms with Gasteiger partial charge < -0.3 is 9.47 Å². The molecule has 3 fully saturated rings. The summed E-state index contributed by atoms with van der Waals surface area (Å²) in [5.74, 6) is 0.805. The van der Waals surface area contributed by atoms with Crippen molar-refractivity contribution in [3.8, 4) is 0 Å². The molecule has 4 rings (SSSR count). The first-order chi connectivity index (χ1) is 11.5. The van der Waals surface area contributed by atoms with Gasteiger partial charge in [0.15, 0.2) is 0 Å². The van der Waals surface area contributed by atoms with Crippen LogP contribution in [0.3, 0.4) is 0 Å². The Morgan fingerprint density at radius 3 is 2.79 bits per heavy atom. The zero-order chi connectivity index (χ0) is 16.9. The van der Waals surface area contributed by atoms with E-state index < -0.39 is 0 Å². The first-order valence-corrected chi connectivity index (χ1v) is 9.07. The van der Waals surface area contributed by atoms with E-state index in [-0.39, 0.29) is 40.9 Å². The van der Waals surface area contributed by atoms with Crippen LogP contribution in [0.25, 0.3) is 0 Å². The summed E-state index contributed by atoms with van der Waals surface area (Å²) in [4.78, 5) is 36.1. The molecular weight excluding hydrogens is 308 g/mol. The minimum Gasteiger partial charge on any atom is -0.465 e. The minimum absolute atomic E-state index is 0.0219. The average Bonchev–Trinajstić information content (AvgIpc) is 3.11. The lowest BCUT2D eigenvalue weighted by Crippen LogP contribution is -2.49. The molecule has 5 atom stereocenters. The van der Waals surface area contributed by atoms with Crippen molar-refractivity contribution in [3.63, 3.8) is 0 Å². The fourth-order valence-corrected chi connectivity index (χ4v) is 5.42. The highest BCUT2D eigenvalue weighted by Gasteiger charge is 2.59. The quantitative estimate of drug-likeness (QED) is 0.743. The van der Waals surface area contributed by atoms with E-state index >= 15 is 0 Å². The molecule has 2 saturated heterocycles. The molecule has 1 saturated carbocycles. The number of rotatable bonds is 3. The largest absolute Gasteiger partial charge is 0.465 e. The van der Waals surface area contributed by atoms with Gasteiger partial charge in [0.05, 0.1) is 13.0 Å². The van der Waals surface area contributed by atoms with Gasteiger partial charge in [-0.1, -0.05) is 13.0 Å². The predicted octanol–water partition coefficient (Wildman–Crippen LogP) is 2.43. The number of hydrogen-bond donors (Lipinski definition) is 0. The van der Waals surface area contributed by atoms with Crippen LogP contribution in [0.2, 0.25) is 0 Å². The summed E-state index contributed by atoms with van der Waals surface area (Å²) in [6, 6.07) is 0. The third-order valence-corrected chi connectivity index (χ3v) is 6.75. The second-order valence-electron chi connectivity index (χ2n) is 7.96. The minimum atomic E-state index is -0.383. The van der Waals surface area contributed by atoms with E-state index in [2.05, 4.69) is 0 Å². The summed E-state index contributed by atoms with van der Waals surface area (Å²) in [5, 5.41) is 0. The molecular formula is C19H24O5. The first-order valence-electron chi connectivity index (χ1n) is 9.07. The Labute approximate surface area is 141 Å². The van der Waals surface area contributed by atoms with Crippen LogP contribution >= 0.6 is 0 Å². The lowest BCUT2D eigenvalue weighted by Gasteiger charge is -2.49. The smallest absolute Gasteiger partial charge is 0.334 e. The number of hydrogen-bond acceptors (Lipinski definition) is 5. The van der Waals surface area contributed by atoms with Crippen LogP contribution in [0.1, 0.15) is 45.4 Å². The van der Waals surface area contributed by atoms with E-state index in [0.29, 0.717) is 32.0 Å². The number of Topliss-reactive ketones (excluding diaryl/α,β-unsaturated/α-hetero) is 1. The Bertz CT molecular complexity index is 621. The van der Waals surface area contributed by atoms with Crippen molar-refractivity contribution in [2.45, 2.75) is 45.4 Å². The molecule has 130 valence electrons. The fraction of sp³-hybridized carbons (Fsp3) is 0.737. The molecule has 0 bridgehead atoms. The van der Waals surface area contributed by atoms with Crippen molar-refractivity contribution in [1.82, 2.24) is 0 Å². The third-order valence-electron chi connectivity index (χ3n) is 6.75. The molecule has 2 heterocycles. The van der Waals surface area contributed by atoms with Gasteiger partial charge in [-0.2, -0.15) is 0 Å². The molecule has 5 nitrogen and oxygen atoms in total. The van der Waals surface area contributed by atoms with Crippen molar-refractivity contribution < 1.29 is 23.9 Å². The van der Waals surface area contributed by atoms with Gasteiger partial charge >= 0.3 is 11.9 Å². The van der Waals surface area contributed by atoms with Crippen LogP contribution in [0, 0.1) is 29.1 Å². The maximum Gasteiger partial charge on any atom is 0.334 e. The van der Waals surface area contributed by atoms with Gasteiger partial charge in [0.1, 0.15) is 12.4 Å². The average molecular weight is 332 g/mol. The number of ether oxygens (including phenoxy) is 2. The topological polar surface area (TPSA) is 69.7 Å². The van der Waals surface area contributed by atoms with Crippen LogP contribution in [-0.2, 0) is 23.9 Å². The summed E-state index contributed by atoms with van der Waals surface area (Å²) >= 11 is 0. The number of carbonyl (C=O) groups excluding carboxylic acids is 3. The van der Waals surface area contributed by atoms with Crippen LogP contribution in [-0.4, -0.2) is 30.9 Å². The second-order valence-corrected chi connectivity index (χ2v) is 7.96. The van der Waals surface area contributed by atoms with E-state index in [1.807, 2.05) is 13.0 Å². The molecule has 2 aliphatic heterocycles. The van der Waals surface area contributed by atoms with E-state index in [1.54, 1.807) is 0 Å². The molecule has 2 aliphatic carbocycles. The van der Waals surface area contributed by atoms with Gasteiger partial charge in [-0.3, -0.25) is 9.59 Å². The Balaban J connectivity index is 1.56. The highest BCUT2D eigenvalue weighted by Crippen LogP contribution is 2.58. The molecule has 1 spiro atoms. The molecule has 0 aromatic heterocycles. The van der Waals surface area contributed by atoms with Crippen molar-refractivity contribution in [1.29, 1.82) is 0 Å². The molecule has 5 heteroatoms. The highest BCUT2D eigenvalue weighted by molar-refractivity contribution is 5.95. The predicted molar refractivity (Wildman–Crippen MR) is 84.8 cm³/mol. The Hall–Kier alpha value is -1.65. The van der Waals surface area contributed by atoms with Crippen LogP contribution in [0.15, 0.2) is 11.6 Å². The number of allylic oxidation sites excluding steroid dienone is 1. The number of carbonyl (C=O) groups is 3. The van der Waals surface area contributed by atoms with Crippen LogP contribution < -0.4 is 0 Å². The van der Waals surface area contributed by atoms with Crippen molar-refractivity contribution in [2.24, 2.45) is 29.1 Å². The maximum atomic E-state index is 12.7. The zero-order valence-corrected chi connectivity index (χ0v) is 14.1. The van der Waals surface area contributed by atoms with Gasteiger partial charge in [-0.25, -0.2) is 4.79 Å². The molecule has 24 heavy (non-hydrogen) atoms. The number of ketones is 1. The van der Waals surface area contributed by atoms with Crippen molar-refractivity contribution >= 4 is 17.7 Å². The molecule has 0 amide bonds. The summed E-state index contributed by atoms with van der Waals surface area (Å²) in [6.45, 7) is 2.91. The fourth-order valence-electron chi connectivity index (χ4n) is 5.42. The van der Waals surface area contributed by atoms with E-state index in [1.165, 1.54) is 0 Å². The Morgan fingerprint density at radius 1 is 1.21 bits per heavy atom. The zero-order valence-electron chi connectivity index (χ0n) is 14.1. The van der Waals surface area contributed by atoms with Gasteiger partial charge in [-0.05, 0) is 37.5 Å². The standard InChI is InChI=1S/C19H24O5/c1-11-13(6-5-12-7-17(21)23-9-12)14-3-2-4-15-18(22)24-10-19(14,15)8-16(11)20/h4,11-14H,2-3,5-10H2,1H3/t11-,12-,13-,14+,19-/m0/s1. The molecule has 0 radical (unpaired) electrons. The molecule has 0 unspecified atom stereocenters. The van der Waals surface area contributed by atoms with E-state index in [0.717, 1.165) is 31.3 Å². The molecule has 0 N–H and O–H groups in total. The Morgan fingerprint density at radius 2 is 2.04 bits per heavy atom. The second kappa shape index (κ2) is 5.71. The third kappa shape index (κ3) is 2.32. The first kappa shape index (κ1) is 15.9. The molecule has 4 aliphatic rings. The van der Waals surface area contributed by atoms with E-state index in [4.69, 9.17) is 9.47 Å². The summed E-state index contributed by atoms with van der Waals surface area (Å²) in [7, 11) is 0. The lowest BCUT2D eigenvalue weighted by molar-refractivity contribution is -0.138. The highest BCUT2D eigenvalue weighted by atomic mass is 16.5.